The second-order valence-corrected chi connectivity index (χ2v) is 10.1. The molecule has 2 heterocycles. The summed E-state index contributed by atoms with van der Waals surface area (Å²) in [4.78, 5) is 11.2. The van der Waals surface area contributed by atoms with Gasteiger partial charge in [0.05, 0.1) is 12.0 Å². The van der Waals surface area contributed by atoms with E-state index in [2.05, 4.69) is 20.5 Å². The molecule has 34 heavy (non-hydrogen) atoms. The number of alkyl halides is 3. The molecule has 0 radical (unpaired) electrons. The minimum Gasteiger partial charge on any atom is -0.489 e. The molecule has 0 spiro atoms. The van der Waals surface area contributed by atoms with Gasteiger partial charge in [-0.3, -0.25) is 4.79 Å². The highest BCUT2D eigenvalue weighted by Gasteiger charge is 2.36. The van der Waals surface area contributed by atoms with Gasteiger partial charge in [0.2, 0.25) is 0 Å². The van der Waals surface area contributed by atoms with Crippen LogP contribution >= 0.6 is 15.9 Å². The van der Waals surface area contributed by atoms with Gasteiger partial charge < -0.3 is 14.4 Å². The molecule has 0 amide bonds. The lowest BCUT2D eigenvalue weighted by molar-refractivity contribution is -0.139. The molecule has 1 fully saturated rings. The summed E-state index contributed by atoms with van der Waals surface area (Å²) in [7, 11) is 0. The van der Waals surface area contributed by atoms with E-state index in [9.17, 15) is 23.1 Å². The third-order valence-electron chi connectivity index (χ3n) is 7.14. The van der Waals surface area contributed by atoms with Gasteiger partial charge >= 0.3 is 12.1 Å². The summed E-state index contributed by atoms with van der Waals surface area (Å²) in [5.41, 5.74) is 2.30. The van der Waals surface area contributed by atoms with E-state index in [1.54, 1.807) is 12.1 Å². The minimum atomic E-state index is -4.39. The maximum Gasteiger partial charge on any atom is 0.416 e. The largest absolute Gasteiger partial charge is 0.489 e. The molecule has 1 aliphatic carbocycles. The van der Waals surface area contributed by atoms with E-state index < -0.39 is 17.7 Å². The van der Waals surface area contributed by atoms with Gasteiger partial charge in [0, 0.05) is 33.5 Å². The molecule has 180 valence electrons. The maximum atomic E-state index is 13.8. The van der Waals surface area contributed by atoms with Crippen LogP contribution in [-0.2, 0) is 24.1 Å². The van der Waals surface area contributed by atoms with Crippen LogP contribution in [0.4, 0.5) is 13.2 Å². The number of ether oxygens (including phenoxy) is 1. The van der Waals surface area contributed by atoms with E-state index in [-0.39, 0.29) is 24.9 Å². The van der Waals surface area contributed by atoms with Crippen LogP contribution in [-0.4, -0.2) is 15.6 Å². The highest BCUT2D eigenvalue weighted by molar-refractivity contribution is 9.10. The molecule has 3 aromatic rings. The van der Waals surface area contributed by atoms with Gasteiger partial charge in [-0.1, -0.05) is 25.0 Å². The summed E-state index contributed by atoms with van der Waals surface area (Å²) >= 11 is 3.64. The number of nitrogens with zero attached hydrogens (tertiary/aromatic N) is 1. The number of carboxylic acids is 1. The zero-order valence-electron chi connectivity index (χ0n) is 18.5. The summed E-state index contributed by atoms with van der Waals surface area (Å²) in [5.74, 6) is -0.339. The first-order valence-corrected chi connectivity index (χ1v) is 12.4. The molecule has 1 saturated carbocycles. The fourth-order valence-corrected chi connectivity index (χ4v) is 6.43. The lowest BCUT2D eigenvalue weighted by atomic mass is 9.91. The van der Waals surface area contributed by atoms with E-state index in [1.165, 1.54) is 6.07 Å². The lowest BCUT2D eigenvalue weighted by Gasteiger charge is -2.19. The van der Waals surface area contributed by atoms with Crippen LogP contribution in [0.25, 0.3) is 10.9 Å². The van der Waals surface area contributed by atoms with Crippen molar-refractivity contribution in [2.24, 2.45) is 0 Å². The fraction of sp³-hybridized carbons (Fsp3) is 0.423. The van der Waals surface area contributed by atoms with E-state index >= 15 is 0 Å². The Morgan fingerprint density at radius 2 is 1.88 bits per heavy atom. The zero-order chi connectivity index (χ0) is 24.0. The third kappa shape index (κ3) is 4.32. The smallest absolute Gasteiger partial charge is 0.416 e. The van der Waals surface area contributed by atoms with Gasteiger partial charge in [-0.25, -0.2) is 0 Å². The number of aliphatic carboxylic acids is 1. The predicted molar refractivity (Wildman–Crippen MR) is 126 cm³/mol. The van der Waals surface area contributed by atoms with Crippen LogP contribution in [0.5, 0.6) is 5.75 Å². The van der Waals surface area contributed by atoms with E-state index in [0.717, 1.165) is 59.7 Å². The number of carboxylic acid groups (broad SMARTS) is 1. The Kier molecular flexibility index (Phi) is 6.12. The van der Waals surface area contributed by atoms with Crippen LogP contribution in [0.1, 0.15) is 72.7 Å². The number of hydrogen-bond acceptors (Lipinski definition) is 2. The van der Waals surface area contributed by atoms with Gasteiger partial charge in [0.15, 0.2) is 0 Å². The average molecular weight is 536 g/mol. The minimum absolute atomic E-state index is 0.0203. The number of benzene rings is 2. The summed E-state index contributed by atoms with van der Waals surface area (Å²) in [5, 5.41) is 10.1. The van der Waals surface area contributed by atoms with Crippen LogP contribution in [0.15, 0.2) is 40.9 Å². The van der Waals surface area contributed by atoms with Gasteiger partial charge in [0.1, 0.15) is 12.4 Å². The molecule has 4 nitrogen and oxygen atoms in total. The first-order valence-electron chi connectivity index (χ1n) is 11.6. The second kappa shape index (κ2) is 8.95. The monoisotopic (exact) mass is 535 g/mol. The van der Waals surface area contributed by atoms with Crippen molar-refractivity contribution in [3.8, 4) is 5.75 Å². The summed E-state index contributed by atoms with van der Waals surface area (Å²) < 4.78 is 50.2. The standard InChI is InChI=1S/C26H25BrF3NO3/c27-24-20-13-18(6-8-22(20)31-10-9-17(25(24)31)12-23(32)33)34-14-15-5-7-19(16-3-1-2-4-16)21(11-15)26(28,29)30/h5-8,11,13,16-17H,1-4,9-10,12,14H2,(H,32,33)/t17-/m0/s1. The SMILES string of the molecule is O=C(O)C[C@@H]1CCn2c1c(Br)c1cc(OCc3ccc(C4CCCC4)c(C(F)(F)F)c3)ccc12. The second-order valence-electron chi connectivity index (χ2n) is 9.30. The molecule has 0 unspecified atom stereocenters. The van der Waals surface area contributed by atoms with Gasteiger partial charge in [0.25, 0.3) is 0 Å². The van der Waals surface area contributed by atoms with Crippen LogP contribution in [0.2, 0.25) is 0 Å². The van der Waals surface area contributed by atoms with Crippen molar-refractivity contribution in [2.75, 3.05) is 0 Å². The van der Waals surface area contributed by atoms with E-state index in [1.807, 2.05) is 18.2 Å². The molecule has 2 aromatic carbocycles. The molecule has 8 heteroatoms. The number of aryl methyl sites for hydroxylation is 1. The molecule has 1 aromatic heterocycles. The Labute approximate surface area is 203 Å². The van der Waals surface area contributed by atoms with Crippen molar-refractivity contribution in [1.82, 2.24) is 4.57 Å². The maximum absolute atomic E-state index is 13.8. The first kappa shape index (κ1) is 23.3. The first-order chi connectivity index (χ1) is 16.2. The van der Waals surface area contributed by atoms with Crippen molar-refractivity contribution < 1.29 is 27.8 Å². The predicted octanol–water partition coefficient (Wildman–Crippen LogP) is 7.62. The molecule has 2 aliphatic rings. The molecule has 0 saturated heterocycles. The zero-order valence-corrected chi connectivity index (χ0v) is 20.1. The number of fused-ring (bicyclic) bond motifs is 3. The molecular formula is C26H25BrF3NO3. The van der Waals surface area contributed by atoms with Gasteiger partial charge in [-0.15, -0.1) is 0 Å². The van der Waals surface area contributed by atoms with Crippen molar-refractivity contribution in [3.63, 3.8) is 0 Å². The summed E-state index contributed by atoms with van der Waals surface area (Å²) in [6, 6.07) is 10.2. The number of halogens is 4. The van der Waals surface area contributed by atoms with Crippen molar-refractivity contribution >= 4 is 32.8 Å². The Morgan fingerprint density at radius 3 is 2.59 bits per heavy atom. The number of carbonyl (C=O) groups is 1. The van der Waals surface area contributed by atoms with Crippen molar-refractivity contribution in [1.29, 1.82) is 0 Å². The van der Waals surface area contributed by atoms with Gasteiger partial charge in [-0.2, -0.15) is 13.2 Å². The Balaban J connectivity index is 1.38. The normalized spacial score (nSPS) is 18.5. The molecule has 5 rings (SSSR count). The summed E-state index contributed by atoms with van der Waals surface area (Å²) in [6.45, 7) is 0.787. The lowest BCUT2D eigenvalue weighted by Crippen LogP contribution is -2.12. The fourth-order valence-electron chi connectivity index (χ4n) is 5.57. The third-order valence-corrected chi connectivity index (χ3v) is 7.98. The number of rotatable bonds is 6. The van der Waals surface area contributed by atoms with E-state index in [0.29, 0.717) is 16.9 Å². The molecule has 1 aliphatic heterocycles. The van der Waals surface area contributed by atoms with E-state index in [4.69, 9.17) is 4.74 Å². The van der Waals surface area contributed by atoms with Crippen LogP contribution < -0.4 is 4.74 Å². The molecule has 1 N–H and O–H groups in total. The Hall–Kier alpha value is -2.48. The van der Waals surface area contributed by atoms with Crippen molar-refractivity contribution in [2.45, 2.75) is 69.7 Å². The molecule has 1 atom stereocenters. The molecular weight excluding hydrogens is 511 g/mol. The van der Waals surface area contributed by atoms with Crippen LogP contribution in [0.3, 0.4) is 0 Å². The Bertz CT molecular complexity index is 1240. The van der Waals surface area contributed by atoms with Crippen molar-refractivity contribution in [3.05, 3.63) is 63.3 Å². The number of hydrogen-bond donors (Lipinski definition) is 1. The highest BCUT2D eigenvalue weighted by Crippen LogP contribution is 2.44. The average Bonchev–Trinajstić information content (AvgIpc) is 3.51. The summed E-state index contributed by atoms with van der Waals surface area (Å²) in [6.07, 6.45) is 0.0447. The number of aromatic nitrogens is 1. The highest BCUT2D eigenvalue weighted by atomic mass is 79.9. The van der Waals surface area contributed by atoms with Crippen LogP contribution in [0, 0.1) is 0 Å². The quantitative estimate of drug-likeness (QED) is 0.353. The Morgan fingerprint density at radius 1 is 1.12 bits per heavy atom. The molecule has 0 bridgehead atoms. The topological polar surface area (TPSA) is 51.5 Å². The van der Waals surface area contributed by atoms with Gasteiger partial charge in [-0.05, 0) is 76.5 Å².